The molecule has 1 unspecified atom stereocenters. The second-order valence-electron chi connectivity index (χ2n) is 8.71. The second kappa shape index (κ2) is 9.71. The van der Waals surface area contributed by atoms with Gasteiger partial charge >= 0.3 is 0 Å². The van der Waals surface area contributed by atoms with Crippen LogP contribution < -0.4 is 0 Å². The van der Waals surface area contributed by atoms with E-state index in [0.29, 0.717) is 12.4 Å². The minimum atomic E-state index is -0.192. The van der Waals surface area contributed by atoms with Crippen molar-refractivity contribution in [2.75, 3.05) is 39.3 Å². The SMILES string of the molecule is CC(C)c1noc(CN2CCN(C(C(=O)N3CCCCC3)c3ccccc3)CC2)n1. The summed E-state index contributed by atoms with van der Waals surface area (Å²) >= 11 is 0. The quantitative estimate of drug-likeness (QED) is 0.728. The lowest BCUT2D eigenvalue weighted by Gasteiger charge is -2.40. The topological polar surface area (TPSA) is 65.7 Å². The number of aromatic nitrogens is 2. The molecule has 1 aromatic heterocycles. The van der Waals surface area contributed by atoms with Gasteiger partial charge in [0, 0.05) is 45.2 Å². The van der Waals surface area contributed by atoms with Crippen molar-refractivity contribution in [2.45, 2.75) is 51.6 Å². The lowest BCUT2D eigenvalue weighted by Crippen LogP contribution is -2.52. The van der Waals surface area contributed by atoms with Crippen molar-refractivity contribution in [1.82, 2.24) is 24.8 Å². The normalized spacial score (nSPS) is 19.9. The molecule has 7 nitrogen and oxygen atoms in total. The first-order valence-corrected chi connectivity index (χ1v) is 11.2. The zero-order valence-corrected chi connectivity index (χ0v) is 18.2. The number of piperazine rings is 1. The fourth-order valence-corrected chi connectivity index (χ4v) is 4.37. The molecule has 4 rings (SSSR count). The van der Waals surface area contributed by atoms with Crippen molar-refractivity contribution < 1.29 is 9.32 Å². The van der Waals surface area contributed by atoms with Crippen molar-refractivity contribution in [3.05, 3.63) is 47.6 Å². The van der Waals surface area contributed by atoms with Crippen LogP contribution in [-0.4, -0.2) is 70.0 Å². The molecule has 2 fully saturated rings. The third-order valence-electron chi connectivity index (χ3n) is 6.15. The van der Waals surface area contributed by atoms with E-state index in [0.717, 1.165) is 63.5 Å². The number of carbonyl (C=O) groups is 1. The van der Waals surface area contributed by atoms with Gasteiger partial charge < -0.3 is 9.42 Å². The molecular formula is C23H33N5O2. The molecule has 2 aliphatic rings. The monoisotopic (exact) mass is 411 g/mol. The molecule has 30 heavy (non-hydrogen) atoms. The van der Waals surface area contributed by atoms with Crippen LogP contribution in [0, 0.1) is 0 Å². The van der Waals surface area contributed by atoms with Gasteiger partial charge in [0.1, 0.15) is 6.04 Å². The summed E-state index contributed by atoms with van der Waals surface area (Å²) in [6.07, 6.45) is 3.46. The van der Waals surface area contributed by atoms with Crippen LogP contribution in [0.15, 0.2) is 34.9 Å². The van der Waals surface area contributed by atoms with Gasteiger partial charge in [-0.1, -0.05) is 49.3 Å². The molecule has 0 bridgehead atoms. The Kier molecular flexibility index (Phi) is 6.79. The van der Waals surface area contributed by atoms with E-state index in [9.17, 15) is 4.79 Å². The number of rotatable bonds is 6. The van der Waals surface area contributed by atoms with E-state index in [2.05, 4.69) is 50.8 Å². The van der Waals surface area contributed by atoms with E-state index < -0.39 is 0 Å². The molecule has 1 atom stereocenters. The van der Waals surface area contributed by atoms with Gasteiger partial charge in [-0.25, -0.2) is 0 Å². The molecule has 162 valence electrons. The molecule has 2 aromatic rings. The maximum atomic E-state index is 13.5. The van der Waals surface area contributed by atoms with Gasteiger partial charge in [-0.05, 0) is 24.8 Å². The molecule has 2 aliphatic heterocycles. The number of carbonyl (C=O) groups excluding carboxylic acids is 1. The molecule has 0 radical (unpaired) electrons. The lowest BCUT2D eigenvalue weighted by molar-refractivity contribution is -0.139. The fraction of sp³-hybridized carbons (Fsp3) is 0.609. The zero-order valence-electron chi connectivity index (χ0n) is 18.2. The number of piperidine rings is 1. The Balaban J connectivity index is 1.41. The summed E-state index contributed by atoms with van der Waals surface area (Å²) in [5, 5.41) is 4.07. The fourth-order valence-electron chi connectivity index (χ4n) is 4.37. The van der Waals surface area contributed by atoms with Crippen LogP contribution in [0.25, 0.3) is 0 Å². The highest BCUT2D eigenvalue weighted by molar-refractivity contribution is 5.83. The van der Waals surface area contributed by atoms with E-state index in [-0.39, 0.29) is 17.9 Å². The maximum Gasteiger partial charge on any atom is 0.244 e. The van der Waals surface area contributed by atoms with E-state index in [1.807, 2.05) is 18.2 Å². The number of amides is 1. The first-order chi connectivity index (χ1) is 14.6. The first-order valence-electron chi connectivity index (χ1n) is 11.2. The van der Waals surface area contributed by atoms with Crippen LogP contribution in [0.2, 0.25) is 0 Å². The summed E-state index contributed by atoms with van der Waals surface area (Å²) in [6.45, 7) is 10.0. The van der Waals surface area contributed by atoms with Crippen LogP contribution >= 0.6 is 0 Å². The first kappa shape index (κ1) is 21.0. The van der Waals surface area contributed by atoms with Crippen molar-refractivity contribution >= 4 is 5.91 Å². The highest BCUT2D eigenvalue weighted by atomic mass is 16.5. The predicted octanol–water partition coefficient (Wildman–Crippen LogP) is 3.06. The van der Waals surface area contributed by atoms with E-state index in [4.69, 9.17) is 4.52 Å². The molecule has 0 saturated carbocycles. The van der Waals surface area contributed by atoms with Crippen LogP contribution in [0.1, 0.15) is 62.3 Å². The molecule has 3 heterocycles. The van der Waals surface area contributed by atoms with E-state index in [1.54, 1.807) is 0 Å². The van der Waals surface area contributed by atoms with Crippen LogP contribution in [-0.2, 0) is 11.3 Å². The number of nitrogens with zero attached hydrogens (tertiary/aromatic N) is 5. The van der Waals surface area contributed by atoms with Crippen molar-refractivity contribution in [3.8, 4) is 0 Å². The van der Waals surface area contributed by atoms with Crippen LogP contribution in [0.3, 0.4) is 0 Å². The molecule has 0 N–H and O–H groups in total. The molecule has 1 aromatic carbocycles. The summed E-state index contributed by atoms with van der Waals surface area (Å²) in [6, 6.07) is 10.1. The summed E-state index contributed by atoms with van der Waals surface area (Å²) in [4.78, 5) is 24.7. The van der Waals surface area contributed by atoms with E-state index in [1.165, 1.54) is 6.42 Å². The lowest BCUT2D eigenvalue weighted by atomic mass is 10.0. The average Bonchev–Trinajstić information content (AvgIpc) is 3.25. The third kappa shape index (κ3) is 4.90. The summed E-state index contributed by atoms with van der Waals surface area (Å²) < 4.78 is 5.41. The van der Waals surface area contributed by atoms with Gasteiger partial charge in [-0.15, -0.1) is 0 Å². The molecule has 1 amide bonds. The minimum absolute atomic E-state index is 0.192. The number of benzene rings is 1. The Labute approximate surface area is 179 Å². The van der Waals surface area contributed by atoms with Crippen LogP contribution in [0.4, 0.5) is 0 Å². The molecule has 2 saturated heterocycles. The number of likely N-dealkylation sites (tertiary alicyclic amines) is 1. The Morgan fingerprint density at radius 1 is 1.00 bits per heavy atom. The van der Waals surface area contributed by atoms with Crippen molar-refractivity contribution in [1.29, 1.82) is 0 Å². The van der Waals surface area contributed by atoms with Gasteiger partial charge in [0.2, 0.25) is 11.8 Å². The standard InChI is InChI=1S/C23H33N5O2/c1-18(2)22-24-20(30-25-22)17-26-13-15-27(16-14-26)21(19-9-5-3-6-10-19)23(29)28-11-7-4-8-12-28/h3,5-6,9-10,18,21H,4,7-8,11-17H2,1-2H3. The summed E-state index contributed by atoms with van der Waals surface area (Å²) in [7, 11) is 0. The number of hydrogen-bond donors (Lipinski definition) is 0. The smallest absolute Gasteiger partial charge is 0.244 e. The van der Waals surface area contributed by atoms with Crippen LogP contribution in [0.5, 0.6) is 0 Å². The highest BCUT2D eigenvalue weighted by Crippen LogP contribution is 2.26. The van der Waals surface area contributed by atoms with Gasteiger partial charge in [0.25, 0.3) is 0 Å². The van der Waals surface area contributed by atoms with E-state index >= 15 is 0 Å². The number of hydrogen-bond acceptors (Lipinski definition) is 6. The van der Waals surface area contributed by atoms with Gasteiger partial charge in [0.15, 0.2) is 5.82 Å². The van der Waals surface area contributed by atoms with Gasteiger partial charge in [-0.3, -0.25) is 14.6 Å². The second-order valence-corrected chi connectivity index (χ2v) is 8.71. The molecule has 0 spiro atoms. The van der Waals surface area contributed by atoms with Gasteiger partial charge in [-0.2, -0.15) is 4.98 Å². The Hall–Kier alpha value is -2.25. The largest absolute Gasteiger partial charge is 0.341 e. The predicted molar refractivity (Wildman–Crippen MR) is 115 cm³/mol. The summed E-state index contributed by atoms with van der Waals surface area (Å²) in [5.41, 5.74) is 1.10. The van der Waals surface area contributed by atoms with Crippen molar-refractivity contribution in [3.63, 3.8) is 0 Å². The summed E-state index contributed by atoms with van der Waals surface area (Å²) in [5.74, 6) is 1.97. The molecular weight excluding hydrogens is 378 g/mol. The zero-order chi connectivity index (χ0) is 20.9. The average molecular weight is 412 g/mol. The Morgan fingerprint density at radius 3 is 2.33 bits per heavy atom. The van der Waals surface area contributed by atoms with Crippen molar-refractivity contribution in [2.24, 2.45) is 0 Å². The molecule has 7 heteroatoms. The minimum Gasteiger partial charge on any atom is -0.341 e. The third-order valence-corrected chi connectivity index (χ3v) is 6.15. The van der Waals surface area contributed by atoms with Gasteiger partial charge in [0.05, 0.1) is 6.54 Å². The Morgan fingerprint density at radius 2 is 1.70 bits per heavy atom. The molecule has 0 aliphatic carbocycles. The highest BCUT2D eigenvalue weighted by Gasteiger charge is 2.34. The maximum absolute atomic E-state index is 13.5. The Bertz CT molecular complexity index is 808.